The fraction of sp³-hybridized carbons (Fsp3) is 0.222. The minimum atomic E-state index is -4.11. The molecule has 27 heavy (non-hydrogen) atoms. The van der Waals surface area contributed by atoms with Crippen LogP contribution in [0.25, 0.3) is 0 Å². The maximum absolute atomic E-state index is 12.5. The number of benzene rings is 2. The lowest BCUT2D eigenvalue weighted by Crippen LogP contribution is -2.27. The Hall–Kier alpha value is -2.91. The maximum atomic E-state index is 12.5. The number of carbonyl (C=O) groups is 2. The van der Waals surface area contributed by atoms with Crippen LogP contribution in [-0.4, -0.2) is 32.0 Å². The molecule has 0 aliphatic rings. The number of carboxylic acid groups (broad SMARTS) is 1. The topological polar surface area (TPSA) is 122 Å². The molecule has 1 amide bonds. The molecule has 8 nitrogen and oxygen atoms in total. The second-order valence-electron chi connectivity index (χ2n) is 5.67. The van der Waals surface area contributed by atoms with Gasteiger partial charge in [-0.2, -0.15) is 8.42 Å². The van der Waals surface area contributed by atoms with Gasteiger partial charge in [-0.15, -0.1) is 0 Å². The lowest BCUT2D eigenvalue weighted by Gasteiger charge is -2.15. The average molecular weight is 392 g/mol. The number of rotatable bonds is 8. The summed E-state index contributed by atoms with van der Waals surface area (Å²) in [6.45, 7) is 3.19. The zero-order valence-corrected chi connectivity index (χ0v) is 15.6. The van der Waals surface area contributed by atoms with Crippen molar-refractivity contribution in [1.29, 1.82) is 0 Å². The summed E-state index contributed by atoms with van der Waals surface area (Å²) in [6, 6.07) is 12.4. The van der Waals surface area contributed by atoms with E-state index in [9.17, 15) is 23.1 Å². The Labute approximate surface area is 157 Å². The molecule has 0 radical (unpaired) electrons. The van der Waals surface area contributed by atoms with E-state index in [1.165, 1.54) is 19.1 Å². The van der Waals surface area contributed by atoms with Gasteiger partial charge >= 0.3 is 16.3 Å². The SMILES string of the molecule is CCOS(=O)(=O)Nc1cc(C(=O)O)cc(C(=O)N[C@H](C)c2ccccc2)c1. The standard InChI is InChI=1S/C18H20N2O6S/c1-3-26-27(24,25)20-16-10-14(9-15(11-16)18(22)23)17(21)19-12(2)13-7-5-4-6-8-13/h4-12,20H,3H2,1-2H3,(H,19,21)(H,22,23)/t12-/m1/s1. The first-order valence-corrected chi connectivity index (χ1v) is 9.54. The van der Waals surface area contributed by atoms with Gasteiger partial charge in [0.25, 0.3) is 5.91 Å². The monoisotopic (exact) mass is 392 g/mol. The zero-order valence-electron chi connectivity index (χ0n) is 14.8. The lowest BCUT2D eigenvalue weighted by molar-refractivity contribution is 0.0697. The quantitative estimate of drug-likeness (QED) is 0.635. The van der Waals surface area contributed by atoms with Gasteiger partial charge in [-0.1, -0.05) is 30.3 Å². The van der Waals surface area contributed by atoms with E-state index in [1.54, 1.807) is 6.92 Å². The first-order valence-electron chi connectivity index (χ1n) is 8.13. The van der Waals surface area contributed by atoms with Gasteiger partial charge in [-0.05, 0) is 37.6 Å². The van der Waals surface area contributed by atoms with Crippen LogP contribution in [0, 0.1) is 0 Å². The van der Waals surface area contributed by atoms with E-state index in [0.717, 1.165) is 11.6 Å². The second kappa shape index (κ2) is 8.65. The number of anilines is 1. The molecule has 2 aromatic rings. The van der Waals surface area contributed by atoms with E-state index in [-0.39, 0.29) is 29.5 Å². The summed E-state index contributed by atoms with van der Waals surface area (Å²) in [5, 5.41) is 12.0. The summed E-state index contributed by atoms with van der Waals surface area (Å²) in [6.07, 6.45) is 0. The van der Waals surface area contributed by atoms with E-state index in [1.807, 2.05) is 30.3 Å². The van der Waals surface area contributed by atoms with Gasteiger partial charge in [-0.25, -0.2) is 4.79 Å². The minimum Gasteiger partial charge on any atom is -0.478 e. The summed E-state index contributed by atoms with van der Waals surface area (Å²) < 4.78 is 30.2. The molecule has 0 aromatic heterocycles. The minimum absolute atomic E-state index is 0.00637. The van der Waals surface area contributed by atoms with Crippen molar-refractivity contribution in [2.75, 3.05) is 11.3 Å². The van der Waals surface area contributed by atoms with Crippen molar-refractivity contribution >= 4 is 27.9 Å². The molecule has 2 aromatic carbocycles. The third-order valence-corrected chi connectivity index (χ3v) is 4.64. The summed E-state index contributed by atoms with van der Waals surface area (Å²) in [5.41, 5.74) is 0.564. The van der Waals surface area contributed by atoms with Crippen LogP contribution < -0.4 is 10.0 Å². The number of nitrogens with one attached hydrogen (secondary N) is 2. The Kier molecular flexibility index (Phi) is 6.54. The largest absolute Gasteiger partial charge is 0.478 e. The van der Waals surface area contributed by atoms with Crippen molar-refractivity contribution in [3.63, 3.8) is 0 Å². The number of hydrogen-bond acceptors (Lipinski definition) is 5. The number of amides is 1. The highest BCUT2D eigenvalue weighted by Gasteiger charge is 2.17. The summed E-state index contributed by atoms with van der Waals surface area (Å²) >= 11 is 0. The fourth-order valence-electron chi connectivity index (χ4n) is 2.38. The van der Waals surface area contributed by atoms with Gasteiger partial charge < -0.3 is 10.4 Å². The number of carboxylic acids is 1. The molecule has 0 saturated carbocycles. The number of aromatic carboxylic acids is 1. The zero-order chi connectivity index (χ0) is 20.0. The Balaban J connectivity index is 2.29. The maximum Gasteiger partial charge on any atom is 0.359 e. The molecule has 0 saturated heterocycles. The van der Waals surface area contributed by atoms with Gasteiger partial charge in [0.05, 0.1) is 23.9 Å². The Morgan fingerprint density at radius 3 is 2.33 bits per heavy atom. The Bertz CT molecular complexity index is 928. The van der Waals surface area contributed by atoms with E-state index >= 15 is 0 Å². The summed E-state index contributed by atoms with van der Waals surface area (Å²) in [7, 11) is -4.11. The molecule has 0 aliphatic carbocycles. The van der Waals surface area contributed by atoms with Crippen molar-refractivity contribution < 1.29 is 27.3 Å². The van der Waals surface area contributed by atoms with E-state index < -0.39 is 22.2 Å². The molecule has 0 heterocycles. The molecular formula is C18H20N2O6S. The molecule has 3 N–H and O–H groups in total. The molecule has 144 valence electrons. The van der Waals surface area contributed by atoms with Crippen LogP contribution in [0.4, 0.5) is 5.69 Å². The van der Waals surface area contributed by atoms with Crippen LogP contribution in [0.15, 0.2) is 48.5 Å². The highest BCUT2D eigenvalue weighted by atomic mass is 32.2. The second-order valence-corrected chi connectivity index (χ2v) is 7.02. The highest BCUT2D eigenvalue weighted by molar-refractivity contribution is 7.88. The third kappa shape index (κ3) is 5.80. The van der Waals surface area contributed by atoms with Crippen LogP contribution in [0.3, 0.4) is 0 Å². The van der Waals surface area contributed by atoms with E-state index in [2.05, 4.69) is 14.2 Å². The fourth-order valence-corrected chi connectivity index (χ4v) is 3.15. The van der Waals surface area contributed by atoms with Gasteiger partial charge in [-0.3, -0.25) is 13.7 Å². The molecular weight excluding hydrogens is 372 g/mol. The molecule has 0 spiro atoms. The summed E-state index contributed by atoms with van der Waals surface area (Å²) in [4.78, 5) is 23.9. The third-order valence-electron chi connectivity index (χ3n) is 3.61. The predicted octanol–water partition coefficient (Wildman–Crippen LogP) is 2.57. The normalized spacial score (nSPS) is 12.2. The van der Waals surface area contributed by atoms with E-state index in [4.69, 9.17) is 0 Å². The molecule has 1 atom stereocenters. The van der Waals surface area contributed by atoms with Gasteiger partial charge in [0.2, 0.25) is 0 Å². The number of hydrogen-bond donors (Lipinski definition) is 3. The first-order chi connectivity index (χ1) is 12.7. The number of carbonyl (C=O) groups excluding carboxylic acids is 1. The molecule has 0 aliphatic heterocycles. The van der Waals surface area contributed by atoms with Crippen LogP contribution in [0.1, 0.15) is 46.2 Å². The van der Waals surface area contributed by atoms with Gasteiger partial charge in [0.1, 0.15) is 0 Å². The van der Waals surface area contributed by atoms with E-state index in [0.29, 0.717) is 0 Å². The van der Waals surface area contributed by atoms with Crippen molar-refractivity contribution in [2.24, 2.45) is 0 Å². The lowest BCUT2D eigenvalue weighted by atomic mass is 10.1. The molecule has 0 unspecified atom stereocenters. The van der Waals surface area contributed by atoms with Crippen molar-refractivity contribution in [1.82, 2.24) is 5.32 Å². The summed E-state index contributed by atoms with van der Waals surface area (Å²) in [5.74, 6) is -1.83. The average Bonchev–Trinajstić information content (AvgIpc) is 2.61. The van der Waals surface area contributed by atoms with Gasteiger partial charge in [0, 0.05) is 5.56 Å². The van der Waals surface area contributed by atoms with Crippen molar-refractivity contribution in [2.45, 2.75) is 19.9 Å². The molecule has 2 rings (SSSR count). The van der Waals surface area contributed by atoms with Crippen molar-refractivity contribution in [3.05, 3.63) is 65.2 Å². The van der Waals surface area contributed by atoms with Crippen LogP contribution in [-0.2, 0) is 14.5 Å². The van der Waals surface area contributed by atoms with Crippen molar-refractivity contribution in [3.8, 4) is 0 Å². The molecule has 9 heteroatoms. The smallest absolute Gasteiger partial charge is 0.359 e. The van der Waals surface area contributed by atoms with Crippen LogP contribution in [0.5, 0.6) is 0 Å². The van der Waals surface area contributed by atoms with Gasteiger partial charge in [0.15, 0.2) is 0 Å². The molecule has 0 fully saturated rings. The molecule has 0 bridgehead atoms. The van der Waals surface area contributed by atoms with Crippen LogP contribution in [0.2, 0.25) is 0 Å². The Morgan fingerprint density at radius 1 is 1.11 bits per heavy atom. The predicted molar refractivity (Wildman–Crippen MR) is 99.9 cm³/mol. The highest BCUT2D eigenvalue weighted by Crippen LogP contribution is 2.19. The first kappa shape index (κ1) is 20.4. The Morgan fingerprint density at radius 2 is 1.74 bits per heavy atom. The van der Waals surface area contributed by atoms with Crippen LogP contribution >= 0.6 is 0 Å².